The lowest BCUT2D eigenvalue weighted by Gasteiger charge is -2.31. The summed E-state index contributed by atoms with van der Waals surface area (Å²) in [6.45, 7) is 4.06. The highest BCUT2D eigenvalue weighted by Gasteiger charge is 2.37. The number of pyridine rings is 2. The first kappa shape index (κ1) is 17.2. The fraction of sp³-hybridized carbons (Fsp3) is 0.304. The zero-order valence-corrected chi connectivity index (χ0v) is 16.2. The maximum Gasteiger partial charge on any atom is 0.255 e. The van der Waals surface area contributed by atoms with Crippen molar-refractivity contribution in [2.75, 3.05) is 25.0 Å². The minimum atomic E-state index is -0.0299. The highest BCUT2D eigenvalue weighted by atomic mass is 16.1. The van der Waals surface area contributed by atoms with Gasteiger partial charge in [-0.2, -0.15) is 0 Å². The summed E-state index contributed by atoms with van der Waals surface area (Å²) in [7, 11) is 2.18. The summed E-state index contributed by atoms with van der Waals surface area (Å²) in [6.07, 6.45) is 4.84. The largest absolute Gasteiger partial charge is 0.371 e. The third-order valence-corrected chi connectivity index (χ3v) is 6.18. The van der Waals surface area contributed by atoms with E-state index in [-0.39, 0.29) is 5.56 Å². The monoisotopic (exact) mass is 372 g/mol. The fourth-order valence-electron chi connectivity index (χ4n) is 4.62. The summed E-state index contributed by atoms with van der Waals surface area (Å²) in [6, 6.07) is 14.6. The summed E-state index contributed by atoms with van der Waals surface area (Å²) in [5.74, 6) is 0.538. The highest BCUT2D eigenvalue weighted by molar-refractivity contribution is 5.66. The van der Waals surface area contributed by atoms with Crippen molar-refractivity contribution in [1.29, 1.82) is 0 Å². The summed E-state index contributed by atoms with van der Waals surface area (Å²) >= 11 is 0. The van der Waals surface area contributed by atoms with Crippen LogP contribution in [0.1, 0.15) is 23.6 Å². The minimum absolute atomic E-state index is 0.0299. The van der Waals surface area contributed by atoms with Gasteiger partial charge in [0.1, 0.15) is 0 Å². The predicted octanol–water partition coefficient (Wildman–Crippen LogP) is 3.10. The molecule has 5 nitrogen and oxygen atoms in total. The SMILES string of the molecule is Cc1ccc(-c2ccn(-c3ccc4c(c3)N(C)C3CCNCC43)c(=O)c2)cn1. The number of likely N-dealkylation sites (N-methyl/N-ethyl adjacent to an activating group) is 1. The normalized spacial score (nSPS) is 20.7. The van der Waals surface area contributed by atoms with E-state index in [0.717, 1.165) is 42.0 Å². The number of benzene rings is 1. The Morgan fingerprint density at radius 2 is 2.00 bits per heavy atom. The first-order valence-electron chi connectivity index (χ1n) is 9.85. The zero-order valence-electron chi connectivity index (χ0n) is 16.2. The number of hydrogen-bond donors (Lipinski definition) is 1. The maximum absolute atomic E-state index is 12.8. The van der Waals surface area contributed by atoms with Gasteiger partial charge < -0.3 is 10.2 Å². The lowest BCUT2D eigenvalue weighted by atomic mass is 9.90. The van der Waals surface area contributed by atoms with E-state index in [2.05, 4.69) is 40.4 Å². The Morgan fingerprint density at radius 3 is 2.79 bits per heavy atom. The molecule has 4 heterocycles. The Bertz CT molecular complexity index is 1090. The second kappa shape index (κ2) is 6.60. The van der Waals surface area contributed by atoms with Gasteiger partial charge in [-0.05, 0) is 55.3 Å². The average Bonchev–Trinajstić information content (AvgIpc) is 3.01. The van der Waals surface area contributed by atoms with Gasteiger partial charge in [0.05, 0.1) is 5.69 Å². The topological polar surface area (TPSA) is 50.2 Å². The molecule has 0 bridgehead atoms. The van der Waals surface area contributed by atoms with E-state index in [9.17, 15) is 4.79 Å². The molecule has 0 spiro atoms. The Kier molecular flexibility index (Phi) is 4.05. The molecule has 28 heavy (non-hydrogen) atoms. The summed E-state index contributed by atoms with van der Waals surface area (Å²) in [4.78, 5) is 19.6. The van der Waals surface area contributed by atoms with Gasteiger partial charge in [-0.15, -0.1) is 0 Å². The molecule has 1 N–H and O–H groups in total. The van der Waals surface area contributed by atoms with Gasteiger partial charge in [-0.1, -0.05) is 12.1 Å². The molecule has 0 amide bonds. The summed E-state index contributed by atoms with van der Waals surface area (Å²) in [5, 5.41) is 3.51. The van der Waals surface area contributed by atoms with Crippen LogP contribution < -0.4 is 15.8 Å². The van der Waals surface area contributed by atoms with Crippen molar-refractivity contribution in [2.45, 2.75) is 25.3 Å². The first-order chi connectivity index (χ1) is 13.6. The molecule has 2 aliphatic heterocycles. The van der Waals surface area contributed by atoms with Gasteiger partial charge in [0.25, 0.3) is 5.56 Å². The Labute approximate surface area is 164 Å². The summed E-state index contributed by atoms with van der Waals surface area (Å²) in [5.41, 5.74) is 6.33. The van der Waals surface area contributed by atoms with Crippen LogP contribution in [0, 0.1) is 6.92 Å². The second-order valence-corrected chi connectivity index (χ2v) is 7.83. The molecular weight excluding hydrogens is 348 g/mol. The molecule has 2 unspecified atom stereocenters. The van der Waals surface area contributed by atoms with Crippen LogP contribution in [0.15, 0.2) is 59.7 Å². The van der Waals surface area contributed by atoms with Crippen LogP contribution in [0.2, 0.25) is 0 Å². The number of nitrogens with one attached hydrogen (secondary N) is 1. The van der Waals surface area contributed by atoms with Crippen LogP contribution in [0.5, 0.6) is 0 Å². The van der Waals surface area contributed by atoms with Gasteiger partial charge in [0, 0.05) is 61.0 Å². The Hall–Kier alpha value is -2.92. The number of fused-ring (bicyclic) bond motifs is 3. The van der Waals surface area contributed by atoms with Gasteiger partial charge >= 0.3 is 0 Å². The molecule has 0 aliphatic carbocycles. The third-order valence-electron chi connectivity index (χ3n) is 6.18. The number of aryl methyl sites for hydroxylation is 1. The molecule has 1 fully saturated rings. The van der Waals surface area contributed by atoms with Crippen LogP contribution >= 0.6 is 0 Å². The van der Waals surface area contributed by atoms with E-state index in [1.54, 1.807) is 10.6 Å². The molecule has 2 aliphatic rings. The summed E-state index contributed by atoms with van der Waals surface area (Å²) < 4.78 is 1.72. The number of rotatable bonds is 2. The number of aromatic nitrogens is 2. The molecule has 1 aromatic carbocycles. The molecule has 5 heteroatoms. The van der Waals surface area contributed by atoms with Crippen molar-refractivity contribution in [1.82, 2.24) is 14.9 Å². The van der Waals surface area contributed by atoms with Crippen LogP contribution in [-0.2, 0) is 0 Å². The lowest BCUT2D eigenvalue weighted by Crippen LogP contribution is -2.42. The van der Waals surface area contributed by atoms with E-state index in [4.69, 9.17) is 0 Å². The quantitative estimate of drug-likeness (QED) is 0.751. The van der Waals surface area contributed by atoms with E-state index >= 15 is 0 Å². The molecule has 142 valence electrons. The number of piperidine rings is 1. The van der Waals surface area contributed by atoms with Crippen LogP contribution in [0.25, 0.3) is 16.8 Å². The van der Waals surface area contributed by atoms with Crippen LogP contribution in [0.4, 0.5) is 5.69 Å². The average molecular weight is 372 g/mol. The fourth-order valence-corrected chi connectivity index (χ4v) is 4.62. The van der Waals surface area contributed by atoms with Gasteiger partial charge in [0.15, 0.2) is 0 Å². The molecule has 1 saturated heterocycles. The van der Waals surface area contributed by atoms with Gasteiger partial charge in [-0.25, -0.2) is 0 Å². The minimum Gasteiger partial charge on any atom is -0.371 e. The Balaban J connectivity index is 1.51. The number of hydrogen-bond acceptors (Lipinski definition) is 4. The van der Waals surface area contributed by atoms with Crippen molar-refractivity contribution < 1.29 is 0 Å². The van der Waals surface area contributed by atoms with E-state index < -0.39 is 0 Å². The molecule has 0 radical (unpaired) electrons. The molecule has 2 aromatic heterocycles. The van der Waals surface area contributed by atoms with E-state index in [1.807, 2.05) is 37.5 Å². The highest BCUT2D eigenvalue weighted by Crippen LogP contribution is 2.42. The number of anilines is 1. The smallest absolute Gasteiger partial charge is 0.255 e. The van der Waals surface area contributed by atoms with Crippen molar-refractivity contribution in [3.63, 3.8) is 0 Å². The van der Waals surface area contributed by atoms with E-state index in [0.29, 0.717) is 12.0 Å². The second-order valence-electron chi connectivity index (χ2n) is 7.83. The zero-order chi connectivity index (χ0) is 19.3. The van der Waals surface area contributed by atoms with Crippen molar-refractivity contribution in [3.8, 4) is 16.8 Å². The maximum atomic E-state index is 12.8. The van der Waals surface area contributed by atoms with E-state index in [1.165, 1.54) is 11.3 Å². The predicted molar refractivity (Wildman–Crippen MR) is 112 cm³/mol. The molecule has 0 saturated carbocycles. The van der Waals surface area contributed by atoms with Crippen LogP contribution in [-0.4, -0.2) is 35.7 Å². The lowest BCUT2D eigenvalue weighted by molar-refractivity contribution is 0.413. The molecule has 3 aromatic rings. The van der Waals surface area contributed by atoms with Crippen molar-refractivity contribution in [3.05, 3.63) is 76.5 Å². The standard InChI is InChI=1S/C23H24N4O/c1-15-3-4-17(13-25-15)16-8-10-27(23(28)11-16)18-5-6-19-20-14-24-9-7-21(20)26(2)22(19)12-18/h3-6,8,10-13,20-21,24H,7,9,14H2,1-2H3. The number of nitrogens with zero attached hydrogens (tertiary/aromatic N) is 3. The molecule has 5 rings (SSSR count). The first-order valence-corrected chi connectivity index (χ1v) is 9.85. The molecular formula is C23H24N4O. The van der Waals surface area contributed by atoms with Crippen molar-refractivity contribution >= 4 is 5.69 Å². The van der Waals surface area contributed by atoms with Crippen LogP contribution in [0.3, 0.4) is 0 Å². The molecule has 2 atom stereocenters. The third kappa shape index (κ3) is 2.74. The Morgan fingerprint density at radius 1 is 1.11 bits per heavy atom. The van der Waals surface area contributed by atoms with Gasteiger partial charge in [0.2, 0.25) is 0 Å². The van der Waals surface area contributed by atoms with Crippen molar-refractivity contribution in [2.24, 2.45) is 0 Å². The van der Waals surface area contributed by atoms with Gasteiger partial charge in [-0.3, -0.25) is 14.3 Å².